The molecule has 0 aliphatic rings. The molecule has 5 nitrogen and oxygen atoms in total. The summed E-state index contributed by atoms with van der Waals surface area (Å²) in [6.45, 7) is 4.05. The van der Waals surface area contributed by atoms with Crippen LogP contribution in [0.15, 0.2) is 69.3 Å². The average Bonchev–Trinajstić information content (AvgIpc) is 3.19. The van der Waals surface area contributed by atoms with E-state index in [-0.39, 0.29) is 0 Å². The van der Waals surface area contributed by atoms with E-state index < -0.39 is 5.63 Å². The van der Waals surface area contributed by atoms with Gasteiger partial charge in [0.25, 0.3) is 0 Å². The minimum atomic E-state index is -0.448. The van der Waals surface area contributed by atoms with Gasteiger partial charge in [0.05, 0.1) is 11.3 Å². The standard InChI is InChI=1S/C23H17N3O2S/c1-14-7-8-19(15(2)9-14)25-12-17(11-24)22-26-20(13-29-22)18-10-16-5-3-4-6-21(16)28-23(18)27/h3-10,12-13,25H,1-2H3. The van der Waals surface area contributed by atoms with Crippen LogP contribution in [0.3, 0.4) is 0 Å². The first-order valence-electron chi connectivity index (χ1n) is 8.98. The third-order valence-electron chi connectivity index (χ3n) is 4.53. The molecule has 0 fully saturated rings. The summed E-state index contributed by atoms with van der Waals surface area (Å²) in [6, 6.07) is 17.3. The second kappa shape index (κ2) is 7.74. The Morgan fingerprint density at radius 1 is 1.21 bits per heavy atom. The van der Waals surface area contributed by atoms with Crippen LogP contribution in [0, 0.1) is 25.2 Å². The lowest BCUT2D eigenvalue weighted by atomic mass is 10.1. The third kappa shape index (κ3) is 3.82. The van der Waals surface area contributed by atoms with Crippen molar-refractivity contribution in [2.24, 2.45) is 0 Å². The van der Waals surface area contributed by atoms with E-state index in [1.165, 1.54) is 16.9 Å². The highest BCUT2D eigenvalue weighted by molar-refractivity contribution is 7.11. The Kier molecular flexibility index (Phi) is 4.98. The largest absolute Gasteiger partial charge is 0.422 e. The van der Waals surface area contributed by atoms with Crippen molar-refractivity contribution in [2.45, 2.75) is 13.8 Å². The highest BCUT2D eigenvalue weighted by atomic mass is 32.1. The van der Waals surface area contributed by atoms with E-state index in [4.69, 9.17) is 4.42 Å². The Morgan fingerprint density at radius 3 is 2.83 bits per heavy atom. The zero-order chi connectivity index (χ0) is 20.4. The Labute approximate surface area is 171 Å². The fraction of sp³-hybridized carbons (Fsp3) is 0.0870. The number of hydrogen-bond acceptors (Lipinski definition) is 6. The summed E-state index contributed by atoms with van der Waals surface area (Å²) < 4.78 is 5.39. The molecule has 6 heteroatoms. The predicted octanol–water partition coefficient (Wildman–Crippen LogP) is 5.51. The molecule has 4 aromatic rings. The Hall–Kier alpha value is -3.69. The lowest BCUT2D eigenvalue weighted by Crippen LogP contribution is -2.02. The molecule has 1 N–H and O–H groups in total. The van der Waals surface area contributed by atoms with Gasteiger partial charge < -0.3 is 9.73 Å². The zero-order valence-electron chi connectivity index (χ0n) is 15.9. The zero-order valence-corrected chi connectivity index (χ0v) is 16.7. The van der Waals surface area contributed by atoms with Crippen LogP contribution >= 0.6 is 11.3 Å². The number of nitrogens with one attached hydrogen (secondary N) is 1. The molecule has 0 unspecified atom stereocenters. The topological polar surface area (TPSA) is 78.9 Å². The molecular formula is C23H17N3O2S. The number of anilines is 1. The third-order valence-corrected chi connectivity index (χ3v) is 5.40. The van der Waals surface area contributed by atoms with Crippen LogP contribution in [-0.2, 0) is 0 Å². The fourth-order valence-electron chi connectivity index (χ4n) is 3.03. The van der Waals surface area contributed by atoms with Gasteiger partial charge in [-0.1, -0.05) is 35.9 Å². The molecule has 0 radical (unpaired) electrons. The number of allylic oxidation sites excluding steroid dienone is 1. The maximum atomic E-state index is 12.4. The van der Waals surface area contributed by atoms with Crippen LogP contribution in [0.25, 0.3) is 27.8 Å². The van der Waals surface area contributed by atoms with Gasteiger partial charge in [-0.15, -0.1) is 11.3 Å². The van der Waals surface area contributed by atoms with Gasteiger partial charge >= 0.3 is 5.63 Å². The number of nitriles is 1. The van der Waals surface area contributed by atoms with Gasteiger partial charge in [0, 0.05) is 22.7 Å². The first-order chi connectivity index (χ1) is 14.0. The number of para-hydroxylation sites is 1. The number of hydrogen-bond donors (Lipinski definition) is 1. The van der Waals surface area contributed by atoms with E-state index in [9.17, 15) is 10.1 Å². The highest BCUT2D eigenvalue weighted by Crippen LogP contribution is 2.26. The van der Waals surface area contributed by atoms with Crippen LogP contribution in [0.2, 0.25) is 0 Å². The average molecular weight is 399 g/mol. The molecular weight excluding hydrogens is 382 g/mol. The smallest absolute Gasteiger partial charge is 0.345 e. The molecule has 4 rings (SSSR count). The van der Waals surface area contributed by atoms with E-state index in [1.54, 1.807) is 23.7 Å². The number of thiazole rings is 1. The molecule has 0 aliphatic carbocycles. The van der Waals surface area contributed by atoms with Crippen LogP contribution in [0.4, 0.5) is 5.69 Å². The Morgan fingerprint density at radius 2 is 2.03 bits per heavy atom. The Balaban J connectivity index is 1.66. The Bertz CT molecular complexity index is 1340. The summed E-state index contributed by atoms with van der Waals surface area (Å²) in [4.78, 5) is 16.9. The number of nitrogens with zero attached hydrogens (tertiary/aromatic N) is 2. The predicted molar refractivity (Wildman–Crippen MR) is 117 cm³/mol. The lowest BCUT2D eigenvalue weighted by molar-refractivity contribution is 0.563. The van der Waals surface area contributed by atoms with Gasteiger partial charge in [0.15, 0.2) is 0 Å². The van der Waals surface area contributed by atoms with Crippen molar-refractivity contribution in [2.75, 3.05) is 5.32 Å². The summed E-state index contributed by atoms with van der Waals surface area (Å²) in [7, 11) is 0. The number of aryl methyl sites for hydroxylation is 2. The van der Waals surface area contributed by atoms with Crippen molar-refractivity contribution in [1.29, 1.82) is 5.26 Å². The number of fused-ring (bicyclic) bond motifs is 1. The first kappa shape index (κ1) is 18.7. The van der Waals surface area contributed by atoms with E-state index >= 15 is 0 Å². The normalized spacial score (nSPS) is 11.4. The van der Waals surface area contributed by atoms with Gasteiger partial charge in [-0.3, -0.25) is 0 Å². The molecule has 2 aromatic carbocycles. The van der Waals surface area contributed by atoms with Crippen LogP contribution in [-0.4, -0.2) is 4.98 Å². The molecule has 29 heavy (non-hydrogen) atoms. The monoisotopic (exact) mass is 399 g/mol. The van der Waals surface area contributed by atoms with Crippen molar-refractivity contribution in [3.05, 3.63) is 86.7 Å². The van der Waals surface area contributed by atoms with Crippen LogP contribution in [0.1, 0.15) is 16.1 Å². The molecule has 0 bridgehead atoms. The summed E-state index contributed by atoms with van der Waals surface area (Å²) in [5, 5.41) is 15.9. The molecule has 2 aromatic heterocycles. The van der Waals surface area contributed by atoms with Crippen molar-refractivity contribution in [1.82, 2.24) is 4.98 Å². The highest BCUT2D eigenvalue weighted by Gasteiger charge is 2.13. The van der Waals surface area contributed by atoms with Crippen molar-refractivity contribution in [3.8, 4) is 17.3 Å². The maximum absolute atomic E-state index is 12.4. The molecule has 0 atom stereocenters. The van der Waals surface area contributed by atoms with Crippen molar-refractivity contribution in [3.63, 3.8) is 0 Å². The number of benzene rings is 2. The van der Waals surface area contributed by atoms with Gasteiger partial charge in [0.2, 0.25) is 0 Å². The lowest BCUT2D eigenvalue weighted by Gasteiger charge is -2.06. The SMILES string of the molecule is Cc1ccc(NC=C(C#N)c2nc(-c3cc4ccccc4oc3=O)cs2)c(C)c1. The minimum absolute atomic E-state index is 0.380. The number of rotatable bonds is 4. The number of aromatic nitrogens is 1. The molecule has 142 valence electrons. The van der Waals surface area contributed by atoms with E-state index in [0.717, 1.165) is 16.6 Å². The summed E-state index contributed by atoms with van der Waals surface area (Å²) in [5.74, 6) is 0. The van der Waals surface area contributed by atoms with E-state index in [2.05, 4.69) is 22.4 Å². The molecule has 0 aliphatic heterocycles. The van der Waals surface area contributed by atoms with Crippen molar-refractivity contribution >= 4 is 33.6 Å². The van der Waals surface area contributed by atoms with E-state index in [1.807, 2.05) is 44.2 Å². The van der Waals surface area contributed by atoms with Gasteiger partial charge in [-0.25, -0.2) is 9.78 Å². The molecule has 0 saturated heterocycles. The van der Waals surface area contributed by atoms with Crippen molar-refractivity contribution < 1.29 is 4.42 Å². The fourth-order valence-corrected chi connectivity index (χ4v) is 3.81. The minimum Gasteiger partial charge on any atom is -0.422 e. The summed E-state index contributed by atoms with van der Waals surface area (Å²) >= 11 is 1.31. The molecule has 0 saturated carbocycles. The van der Waals surface area contributed by atoms with Gasteiger partial charge in [-0.05, 0) is 37.6 Å². The maximum Gasteiger partial charge on any atom is 0.345 e. The molecule has 0 amide bonds. The quantitative estimate of drug-likeness (QED) is 0.362. The van der Waals surface area contributed by atoms with Gasteiger partial charge in [0.1, 0.15) is 22.2 Å². The second-order valence-corrected chi connectivity index (χ2v) is 7.51. The first-order valence-corrected chi connectivity index (χ1v) is 9.86. The van der Waals surface area contributed by atoms with E-state index in [0.29, 0.717) is 27.4 Å². The van der Waals surface area contributed by atoms with Crippen LogP contribution < -0.4 is 10.9 Å². The van der Waals surface area contributed by atoms with Gasteiger partial charge in [-0.2, -0.15) is 5.26 Å². The summed E-state index contributed by atoms with van der Waals surface area (Å²) in [6.07, 6.45) is 1.64. The van der Waals surface area contributed by atoms with Crippen LogP contribution in [0.5, 0.6) is 0 Å². The molecule has 0 spiro atoms. The molecule has 2 heterocycles. The second-order valence-electron chi connectivity index (χ2n) is 6.66. The summed E-state index contributed by atoms with van der Waals surface area (Å²) in [5.41, 5.74) is 4.55.